The summed E-state index contributed by atoms with van der Waals surface area (Å²) in [4.78, 5) is 0. The van der Waals surface area contributed by atoms with Gasteiger partial charge in [-0.2, -0.15) is 0 Å². The van der Waals surface area contributed by atoms with Crippen molar-refractivity contribution < 1.29 is 69.1 Å². The third kappa shape index (κ3) is 5.32. The van der Waals surface area contributed by atoms with E-state index in [1.165, 1.54) is 0 Å². The van der Waals surface area contributed by atoms with Crippen LogP contribution in [-0.4, -0.2) is 13.5 Å². The van der Waals surface area contributed by atoms with Crippen molar-refractivity contribution in [3.63, 3.8) is 0 Å². The van der Waals surface area contributed by atoms with Crippen molar-refractivity contribution in [3.8, 4) is 16.9 Å². The second-order valence-corrected chi connectivity index (χ2v) is 3.88. The van der Waals surface area contributed by atoms with E-state index in [0.717, 1.165) is 5.56 Å². The van der Waals surface area contributed by atoms with Crippen molar-refractivity contribution in [2.75, 3.05) is 6.51 Å². The van der Waals surface area contributed by atoms with E-state index in [1.807, 2.05) is 30.3 Å². The van der Waals surface area contributed by atoms with Gasteiger partial charge in [-0.25, -0.2) is 0 Å². The normalized spacial score (nSPS) is 10.7. The molecular formula is C13H11BF3KO. The molecule has 0 amide bonds. The van der Waals surface area contributed by atoms with Gasteiger partial charge in [0.2, 0.25) is 0 Å². The van der Waals surface area contributed by atoms with Crippen LogP contribution in [0, 0.1) is 0 Å². The van der Waals surface area contributed by atoms with E-state index in [0.29, 0.717) is 5.56 Å². The van der Waals surface area contributed by atoms with E-state index in [1.54, 1.807) is 24.3 Å². The Morgan fingerprint density at radius 1 is 0.842 bits per heavy atom. The van der Waals surface area contributed by atoms with Gasteiger partial charge in [0, 0.05) is 5.56 Å². The molecule has 0 aliphatic rings. The molecule has 94 valence electrons. The van der Waals surface area contributed by atoms with E-state index < -0.39 is 13.5 Å². The summed E-state index contributed by atoms with van der Waals surface area (Å²) in [6.45, 7) is -6.16. The Bertz CT molecular complexity index is 517. The monoisotopic (exact) mass is 290 g/mol. The van der Waals surface area contributed by atoms with Crippen LogP contribution in [0.2, 0.25) is 0 Å². The van der Waals surface area contributed by atoms with Crippen molar-refractivity contribution in [3.05, 3.63) is 54.6 Å². The summed E-state index contributed by atoms with van der Waals surface area (Å²) in [7, 11) is 0. The first kappa shape index (κ1) is 16.8. The largest absolute Gasteiger partial charge is 1.00 e. The van der Waals surface area contributed by atoms with Gasteiger partial charge in [-0.3, -0.25) is 0 Å². The average molecular weight is 290 g/mol. The molecule has 0 aliphatic heterocycles. The molecule has 2 aromatic rings. The van der Waals surface area contributed by atoms with Crippen LogP contribution in [0.3, 0.4) is 0 Å². The summed E-state index contributed by atoms with van der Waals surface area (Å²) in [5.41, 5.74) is 1.50. The fourth-order valence-electron chi connectivity index (χ4n) is 1.63. The zero-order chi connectivity index (χ0) is 13.0. The Kier molecular flexibility index (Phi) is 6.62. The third-order valence-electron chi connectivity index (χ3n) is 2.40. The Hall–Kier alpha value is -0.269. The van der Waals surface area contributed by atoms with Crippen molar-refractivity contribution in [2.24, 2.45) is 0 Å². The predicted octanol–water partition coefficient (Wildman–Crippen LogP) is 1.12. The molecule has 0 spiro atoms. The molecule has 0 radical (unpaired) electrons. The molecule has 0 heterocycles. The van der Waals surface area contributed by atoms with Crippen LogP contribution in [0.25, 0.3) is 11.1 Å². The topological polar surface area (TPSA) is 9.23 Å². The molecule has 2 aromatic carbocycles. The summed E-state index contributed by atoms with van der Waals surface area (Å²) < 4.78 is 41.5. The molecule has 1 nitrogen and oxygen atoms in total. The molecular weight excluding hydrogens is 279 g/mol. The quantitative estimate of drug-likeness (QED) is 0.767. The standard InChI is InChI=1S/C13H11BF3O.K/c15-14(16,17)10-18-13-9-5-4-8-12(13)11-6-2-1-3-7-11;/h1-9H,10H2;/q-1;+1. The molecule has 0 saturated carbocycles. The fraction of sp³-hybridized carbons (Fsp3) is 0.0769. The van der Waals surface area contributed by atoms with Gasteiger partial charge in [0.15, 0.2) is 0 Å². The Morgan fingerprint density at radius 3 is 2.05 bits per heavy atom. The van der Waals surface area contributed by atoms with E-state index in [9.17, 15) is 12.9 Å². The molecule has 19 heavy (non-hydrogen) atoms. The van der Waals surface area contributed by atoms with E-state index in [4.69, 9.17) is 4.74 Å². The van der Waals surface area contributed by atoms with E-state index in [-0.39, 0.29) is 57.1 Å². The first-order valence-electron chi connectivity index (χ1n) is 5.54. The zero-order valence-electron chi connectivity index (χ0n) is 10.5. The summed E-state index contributed by atoms with van der Waals surface area (Å²) in [5.74, 6) is 0.253. The molecule has 0 fully saturated rings. The molecule has 0 bridgehead atoms. The first-order chi connectivity index (χ1) is 8.56. The van der Waals surface area contributed by atoms with E-state index >= 15 is 0 Å². The minimum Gasteiger partial charge on any atom is -0.521 e. The SMILES string of the molecule is F[B-](F)(F)COc1ccccc1-c1ccccc1.[K+]. The van der Waals surface area contributed by atoms with Crippen LogP contribution >= 0.6 is 0 Å². The predicted molar refractivity (Wildman–Crippen MR) is 66.5 cm³/mol. The molecule has 6 heteroatoms. The van der Waals surface area contributed by atoms with Gasteiger partial charge >= 0.3 is 58.4 Å². The smallest absolute Gasteiger partial charge is 0.521 e. The number of rotatable bonds is 4. The van der Waals surface area contributed by atoms with Crippen LogP contribution in [0.1, 0.15) is 0 Å². The van der Waals surface area contributed by atoms with Crippen LogP contribution in [-0.2, 0) is 0 Å². The Labute approximate surface area is 152 Å². The van der Waals surface area contributed by atoms with Crippen molar-refractivity contribution in [1.82, 2.24) is 0 Å². The number of para-hydroxylation sites is 1. The minimum atomic E-state index is -4.94. The number of hydrogen-bond acceptors (Lipinski definition) is 1. The molecule has 2 rings (SSSR count). The molecule has 0 aliphatic carbocycles. The van der Waals surface area contributed by atoms with Crippen LogP contribution in [0.15, 0.2) is 54.6 Å². The minimum absolute atomic E-state index is 0. The van der Waals surface area contributed by atoms with Gasteiger partial charge in [-0.15, -0.1) is 0 Å². The van der Waals surface area contributed by atoms with Crippen LogP contribution in [0.4, 0.5) is 12.9 Å². The summed E-state index contributed by atoms with van der Waals surface area (Å²) in [5, 5.41) is 0. The van der Waals surface area contributed by atoms with Crippen molar-refractivity contribution >= 4 is 6.98 Å². The average Bonchev–Trinajstić information content (AvgIpc) is 2.37. The van der Waals surface area contributed by atoms with Crippen molar-refractivity contribution in [1.29, 1.82) is 0 Å². The molecule has 0 unspecified atom stereocenters. The van der Waals surface area contributed by atoms with Gasteiger partial charge < -0.3 is 17.7 Å². The Balaban J connectivity index is 0.00000180. The summed E-state index contributed by atoms with van der Waals surface area (Å²) >= 11 is 0. The maximum Gasteiger partial charge on any atom is 1.00 e. The fourth-order valence-corrected chi connectivity index (χ4v) is 1.63. The van der Waals surface area contributed by atoms with Gasteiger partial charge in [-0.05, 0) is 11.6 Å². The Morgan fingerprint density at radius 2 is 1.42 bits per heavy atom. The van der Waals surface area contributed by atoms with E-state index in [2.05, 4.69) is 0 Å². The maximum atomic E-state index is 12.2. The van der Waals surface area contributed by atoms with Gasteiger partial charge in [0.25, 0.3) is 0 Å². The first-order valence-corrected chi connectivity index (χ1v) is 5.54. The third-order valence-corrected chi connectivity index (χ3v) is 2.40. The number of halogens is 3. The maximum absolute atomic E-state index is 12.2. The van der Waals surface area contributed by atoms with Crippen molar-refractivity contribution in [2.45, 2.75) is 0 Å². The zero-order valence-corrected chi connectivity index (χ0v) is 13.6. The number of hydrogen-bond donors (Lipinski definition) is 0. The van der Waals surface area contributed by atoms with Gasteiger partial charge in [0.05, 0.1) is 6.51 Å². The van der Waals surface area contributed by atoms with Crippen LogP contribution in [0.5, 0.6) is 5.75 Å². The number of ether oxygens (including phenoxy) is 1. The number of benzene rings is 2. The molecule has 0 N–H and O–H groups in total. The second kappa shape index (κ2) is 7.50. The second-order valence-electron chi connectivity index (χ2n) is 3.88. The molecule has 0 atom stereocenters. The summed E-state index contributed by atoms with van der Waals surface area (Å²) in [6.07, 6.45) is 0. The van der Waals surface area contributed by atoms with Gasteiger partial charge in [-0.1, -0.05) is 48.5 Å². The summed E-state index contributed by atoms with van der Waals surface area (Å²) in [6, 6.07) is 15.9. The van der Waals surface area contributed by atoms with Crippen LogP contribution < -0.4 is 56.1 Å². The molecule has 0 aromatic heterocycles. The molecule has 0 saturated heterocycles. The van der Waals surface area contributed by atoms with Gasteiger partial charge in [0.1, 0.15) is 5.75 Å².